The SMILES string of the molecule is CC1CCN(c2nnc(SCC(=O)c3c[nH]c4ccccc34)n2C2CC2)CC1. The third kappa shape index (κ3) is 3.32. The smallest absolute Gasteiger partial charge is 0.228 e. The summed E-state index contributed by atoms with van der Waals surface area (Å²) in [6.45, 7) is 4.41. The Labute approximate surface area is 168 Å². The van der Waals surface area contributed by atoms with Crippen molar-refractivity contribution in [3.63, 3.8) is 0 Å². The maximum atomic E-state index is 12.8. The van der Waals surface area contributed by atoms with Crippen LogP contribution in [0.5, 0.6) is 0 Å². The number of hydrogen-bond donors (Lipinski definition) is 1. The molecule has 7 heteroatoms. The number of anilines is 1. The molecule has 0 radical (unpaired) electrons. The minimum atomic E-state index is 0.126. The minimum absolute atomic E-state index is 0.126. The van der Waals surface area contributed by atoms with Crippen molar-refractivity contribution in [2.75, 3.05) is 23.7 Å². The molecule has 1 saturated heterocycles. The van der Waals surface area contributed by atoms with E-state index in [-0.39, 0.29) is 5.78 Å². The summed E-state index contributed by atoms with van der Waals surface area (Å²) in [5, 5.41) is 10.8. The molecule has 2 fully saturated rings. The molecule has 0 bridgehead atoms. The average Bonchev–Trinajstić information content (AvgIpc) is 3.32. The molecular weight excluding hydrogens is 370 g/mol. The maximum absolute atomic E-state index is 12.8. The van der Waals surface area contributed by atoms with Gasteiger partial charge in [0.1, 0.15) is 0 Å². The van der Waals surface area contributed by atoms with Crippen molar-refractivity contribution in [1.29, 1.82) is 0 Å². The van der Waals surface area contributed by atoms with Gasteiger partial charge < -0.3 is 9.88 Å². The van der Waals surface area contributed by atoms with Gasteiger partial charge >= 0.3 is 0 Å². The van der Waals surface area contributed by atoms with Crippen LogP contribution in [-0.2, 0) is 0 Å². The van der Waals surface area contributed by atoms with E-state index in [0.717, 1.165) is 46.6 Å². The lowest BCUT2D eigenvalue weighted by Crippen LogP contribution is -2.34. The van der Waals surface area contributed by atoms with Crippen LogP contribution in [0.15, 0.2) is 35.6 Å². The number of piperidine rings is 1. The van der Waals surface area contributed by atoms with Crippen LogP contribution in [-0.4, -0.2) is 44.4 Å². The van der Waals surface area contributed by atoms with Gasteiger partial charge in [-0.3, -0.25) is 9.36 Å². The van der Waals surface area contributed by atoms with E-state index in [4.69, 9.17) is 0 Å². The lowest BCUT2D eigenvalue weighted by Gasteiger charge is -2.31. The molecule has 1 saturated carbocycles. The number of hydrogen-bond acceptors (Lipinski definition) is 5. The van der Waals surface area contributed by atoms with E-state index in [1.807, 2.05) is 30.5 Å². The summed E-state index contributed by atoms with van der Waals surface area (Å²) < 4.78 is 2.28. The van der Waals surface area contributed by atoms with Crippen LogP contribution < -0.4 is 4.90 Å². The topological polar surface area (TPSA) is 66.8 Å². The highest BCUT2D eigenvalue weighted by atomic mass is 32.2. The minimum Gasteiger partial charge on any atom is -0.360 e. The number of benzene rings is 1. The number of fused-ring (bicyclic) bond motifs is 1. The third-order valence-electron chi connectivity index (χ3n) is 5.85. The quantitative estimate of drug-likeness (QED) is 0.498. The number of carbonyl (C=O) groups is 1. The van der Waals surface area contributed by atoms with Crippen LogP contribution in [0.4, 0.5) is 5.95 Å². The fraction of sp³-hybridized carbons (Fsp3) is 0.476. The summed E-state index contributed by atoms with van der Waals surface area (Å²) in [7, 11) is 0. The number of rotatable bonds is 6. The van der Waals surface area contributed by atoms with Crippen LogP contribution in [0.3, 0.4) is 0 Å². The Bertz CT molecular complexity index is 997. The van der Waals surface area contributed by atoms with Gasteiger partial charge in [0.25, 0.3) is 0 Å². The van der Waals surface area contributed by atoms with Crippen molar-refractivity contribution in [1.82, 2.24) is 19.7 Å². The van der Waals surface area contributed by atoms with Crippen LogP contribution in [0, 0.1) is 5.92 Å². The Kier molecular flexibility index (Phi) is 4.62. The number of para-hydroxylation sites is 1. The normalized spacial score (nSPS) is 18.1. The molecule has 28 heavy (non-hydrogen) atoms. The lowest BCUT2D eigenvalue weighted by molar-refractivity contribution is 0.102. The summed E-state index contributed by atoms with van der Waals surface area (Å²) in [5.41, 5.74) is 1.75. The summed E-state index contributed by atoms with van der Waals surface area (Å²) >= 11 is 1.51. The van der Waals surface area contributed by atoms with Gasteiger partial charge in [0.15, 0.2) is 10.9 Å². The van der Waals surface area contributed by atoms with Gasteiger partial charge in [0.05, 0.1) is 5.75 Å². The molecule has 3 heterocycles. The van der Waals surface area contributed by atoms with Crippen LogP contribution in [0.2, 0.25) is 0 Å². The zero-order valence-corrected chi connectivity index (χ0v) is 16.9. The molecule has 0 amide bonds. The van der Waals surface area contributed by atoms with Gasteiger partial charge in [0, 0.05) is 41.8 Å². The Hall–Kier alpha value is -2.28. The Morgan fingerprint density at radius 2 is 1.96 bits per heavy atom. The molecule has 1 aromatic carbocycles. The van der Waals surface area contributed by atoms with Crippen molar-refractivity contribution >= 4 is 34.4 Å². The van der Waals surface area contributed by atoms with E-state index in [1.54, 1.807) is 0 Å². The van der Waals surface area contributed by atoms with Crippen molar-refractivity contribution < 1.29 is 4.79 Å². The van der Waals surface area contributed by atoms with Gasteiger partial charge in [0.2, 0.25) is 5.95 Å². The van der Waals surface area contributed by atoms with Gasteiger partial charge in [-0.2, -0.15) is 0 Å². The predicted octanol–water partition coefficient (Wildman–Crippen LogP) is 4.31. The van der Waals surface area contributed by atoms with Crippen LogP contribution in [0.25, 0.3) is 10.9 Å². The molecule has 2 aliphatic rings. The Morgan fingerprint density at radius 1 is 1.18 bits per heavy atom. The molecule has 1 aliphatic heterocycles. The van der Waals surface area contributed by atoms with E-state index >= 15 is 0 Å². The van der Waals surface area contributed by atoms with Gasteiger partial charge in [-0.25, -0.2) is 0 Å². The molecule has 0 spiro atoms. The van der Waals surface area contributed by atoms with E-state index in [0.29, 0.717) is 11.8 Å². The first-order valence-corrected chi connectivity index (χ1v) is 11.1. The first-order chi connectivity index (χ1) is 13.7. The zero-order chi connectivity index (χ0) is 19.1. The van der Waals surface area contributed by atoms with E-state index < -0.39 is 0 Å². The number of nitrogens with zero attached hydrogens (tertiary/aromatic N) is 4. The largest absolute Gasteiger partial charge is 0.360 e. The molecule has 1 aliphatic carbocycles. The average molecular weight is 396 g/mol. The summed E-state index contributed by atoms with van der Waals surface area (Å²) in [5.74, 6) is 2.29. The van der Waals surface area contributed by atoms with Gasteiger partial charge in [-0.1, -0.05) is 36.9 Å². The van der Waals surface area contributed by atoms with Crippen molar-refractivity contribution in [2.24, 2.45) is 5.92 Å². The molecule has 1 N–H and O–H groups in total. The molecule has 5 rings (SSSR count). The van der Waals surface area contributed by atoms with Crippen molar-refractivity contribution in [2.45, 2.75) is 43.8 Å². The Morgan fingerprint density at radius 3 is 2.75 bits per heavy atom. The first-order valence-electron chi connectivity index (χ1n) is 10.1. The molecule has 146 valence electrons. The number of aromatic amines is 1. The molecule has 6 nitrogen and oxygen atoms in total. The van der Waals surface area contributed by atoms with Crippen LogP contribution >= 0.6 is 11.8 Å². The number of Topliss-reactive ketones (excluding diaryl/α,β-unsaturated/α-hetero) is 1. The molecule has 0 unspecified atom stereocenters. The highest BCUT2D eigenvalue weighted by molar-refractivity contribution is 7.99. The highest BCUT2D eigenvalue weighted by Gasteiger charge is 2.32. The number of ketones is 1. The fourth-order valence-electron chi connectivity index (χ4n) is 3.95. The van der Waals surface area contributed by atoms with E-state index in [9.17, 15) is 4.79 Å². The van der Waals surface area contributed by atoms with E-state index in [2.05, 4.69) is 31.6 Å². The number of aromatic nitrogens is 4. The predicted molar refractivity (Wildman–Crippen MR) is 112 cm³/mol. The number of carbonyl (C=O) groups excluding carboxylic acids is 1. The second-order valence-electron chi connectivity index (χ2n) is 8.01. The molecule has 3 aromatic rings. The summed E-state index contributed by atoms with van der Waals surface area (Å²) in [4.78, 5) is 18.4. The second-order valence-corrected chi connectivity index (χ2v) is 8.96. The van der Waals surface area contributed by atoms with Crippen molar-refractivity contribution in [3.05, 3.63) is 36.0 Å². The molecular formula is C21H25N5OS. The Balaban J connectivity index is 1.33. The van der Waals surface area contributed by atoms with E-state index in [1.165, 1.54) is 37.4 Å². The molecule has 2 aromatic heterocycles. The third-order valence-corrected chi connectivity index (χ3v) is 6.79. The zero-order valence-electron chi connectivity index (χ0n) is 16.1. The first kappa shape index (κ1) is 17.8. The van der Waals surface area contributed by atoms with Crippen LogP contribution in [0.1, 0.15) is 49.0 Å². The summed E-state index contributed by atoms with van der Waals surface area (Å²) in [6.07, 6.45) is 6.59. The number of H-pyrrole nitrogens is 1. The highest BCUT2D eigenvalue weighted by Crippen LogP contribution is 2.41. The lowest BCUT2D eigenvalue weighted by atomic mass is 10.00. The van der Waals surface area contributed by atoms with Crippen molar-refractivity contribution in [3.8, 4) is 0 Å². The second kappa shape index (κ2) is 7.28. The number of nitrogens with one attached hydrogen (secondary N) is 1. The van der Waals surface area contributed by atoms with Gasteiger partial charge in [-0.15, -0.1) is 10.2 Å². The molecule has 0 atom stereocenters. The van der Waals surface area contributed by atoms with Gasteiger partial charge in [-0.05, 0) is 37.7 Å². The standard InChI is InChI=1S/C21H25N5OS/c1-14-8-10-25(11-9-14)20-23-24-21(26(20)15-6-7-15)28-13-19(27)17-12-22-18-5-3-2-4-16(17)18/h2-5,12,14-15,22H,6-11,13H2,1H3. The monoisotopic (exact) mass is 395 g/mol. The number of thioether (sulfide) groups is 1. The maximum Gasteiger partial charge on any atom is 0.228 e. The summed E-state index contributed by atoms with van der Waals surface area (Å²) in [6, 6.07) is 8.42. The fourth-order valence-corrected chi connectivity index (χ4v) is 4.84.